The molecule has 2 bridgehead atoms. The van der Waals surface area contributed by atoms with E-state index in [1.54, 1.807) is 5.57 Å². The standard InChI is InChI=1S/C11H18/c1-4-8-5-6-9-7-10(8)11(9,2)3/h4,9-10H,5-7H2,1-3H3/b8-4+/t9-,10-/m0/s1. The van der Waals surface area contributed by atoms with E-state index in [0.717, 1.165) is 11.8 Å². The lowest BCUT2D eigenvalue weighted by atomic mass is 9.47. The highest BCUT2D eigenvalue weighted by Crippen LogP contribution is 2.60. The van der Waals surface area contributed by atoms with E-state index >= 15 is 0 Å². The van der Waals surface area contributed by atoms with Crippen LogP contribution in [-0.2, 0) is 0 Å². The van der Waals surface area contributed by atoms with E-state index in [1.165, 1.54) is 19.3 Å². The van der Waals surface area contributed by atoms with Gasteiger partial charge >= 0.3 is 0 Å². The van der Waals surface area contributed by atoms with Crippen LogP contribution in [0.2, 0.25) is 0 Å². The Morgan fingerprint density at radius 2 is 2.18 bits per heavy atom. The van der Waals surface area contributed by atoms with Gasteiger partial charge in [-0.1, -0.05) is 25.5 Å². The van der Waals surface area contributed by atoms with Gasteiger partial charge in [0.15, 0.2) is 0 Å². The summed E-state index contributed by atoms with van der Waals surface area (Å²) in [5.41, 5.74) is 2.37. The molecule has 0 radical (unpaired) electrons. The molecule has 0 spiro atoms. The Morgan fingerprint density at radius 3 is 2.55 bits per heavy atom. The Kier molecular flexibility index (Phi) is 1.42. The van der Waals surface area contributed by atoms with Crippen molar-refractivity contribution in [2.45, 2.75) is 40.0 Å². The number of fused-ring (bicyclic) bond motifs is 2. The van der Waals surface area contributed by atoms with E-state index < -0.39 is 0 Å². The Balaban J connectivity index is 2.23. The molecule has 0 heteroatoms. The average Bonchev–Trinajstić information content (AvgIpc) is 2.04. The van der Waals surface area contributed by atoms with E-state index in [9.17, 15) is 0 Å². The Morgan fingerprint density at radius 1 is 1.45 bits per heavy atom. The van der Waals surface area contributed by atoms with Crippen molar-refractivity contribution in [2.24, 2.45) is 17.3 Å². The van der Waals surface area contributed by atoms with Gasteiger partial charge in [0.25, 0.3) is 0 Å². The summed E-state index contributed by atoms with van der Waals surface area (Å²) in [5.74, 6) is 1.97. The van der Waals surface area contributed by atoms with Gasteiger partial charge in [0, 0.05) is 0 Å². The van der Waals surface area contributed by atoms with E-state index in [0.29, 0.717) is 5.41 Å². The van der Waals surface area contributed by atoms with Gasteiger partial charge in [-0.05, 0) is 43.4 Å². The topological polar surface area (TPSA) is 0 Å². The van der Waals surface area contributed by atoms with Crippen LogP contribution in [0.3, 0.4) is 0 Å². The first kappa shape index (κ1) is 7.39. The highest BCUT2D eigenvalue weighted by atomic mass is 14.6. The minimum absolute atomic E-state index is 0.639. The molecule has 0 aromatic carbocycles. The molecule has 0 aromatic heterocycles. The van der Waals surface area contributed by atoms with Gasteiger partial charge in [-0.2, -0.15) is 0 Å². The van der Waals surface area contributed by atoms with Crippen molar-refractivity contribution in [2.75, 3.05) is 0 Å². The summed E-state index contributed by atoms with van der Waals surface area (Å²) >= 11 is 0. The van der Waals surface area contributed by atoms with Crippen molar-refractivity contribution in [3.8, 4) is 0 Å². The summed E-state index contributed by atoms with van der Waals surface area (Å²) in [6.07, 6.45) is 6.66. The van der Waals surface area contributed by atoms with Crippen molar-refractivity contribution in [3.05, 3.63) is 11.6 Å². The molecule has 0 aliphatic heterocycles. The van der Waals surface area contributed by atoms with Crippen LogP contribution in [0.5, 0.6) is 0 Å². The van der Waals surface area contributed by atoms with Crippen molar-refractivity contribution in [1.82, 2.24) is 0 Å². The molecule has 0 nitrogen and oxygen atoms in total. The molecule has 62 valence electrons. The number of allylic oxidation sites excluding steroid dienone is 2. The van der Waals surface area contributed by atoms with Crippen LogP contribution >= 0.6 is 0 Å². The fourth-order valence-corrected chi connectivity index (χ4v) is 3.00. The molecular weight excluding hydrogens is 132 g/mol. The Labute approximate surface area is 69.7 Å². The molecule has 3 saturated carbocycles. The van der Waals surface area contributed by atoms with Crippen molar-refractivity contribution in [1.29, 1.82) is 0 Å². The Hall–Kier alpha value is -0.260. The average molecular weight is 150 g/mol. The van der Waals surface area contributed by atoms with Gasteiger partial charge in [0.05, 0.1) is 0 Å². The smallest absolute Gasteiger partial charge is 0.0146 e. The van der Waals surface area contributed by atoms with Crippen LogP contribution in [0.15, 0.2) is 11.6 Å². The zero-order chi connectivity index (χ0) is 8.06. The van der Waals surface area contributed by atoms with Crippen LogP contribution in [0, 0.1) is 17.3 Å². The van der Waals surface area contributed by atoms with Gasteiger partial charge in [-0.25, -0.2) is 0 Å². The summed E-state index contributed by atoms with van der Waals surface area (Å²) in [5, 5.41) is 0. The molecule has 3 aliphatic rings. The second-order valence-electron chi connectivity index (χ2n) is 4.71. The maximum absolute atomic E-state index is 2.44. The molecule has 2 atom stereocenters. The van der Waals surface area contributed by atoms with Crippen molar-refractivity contribution in [3.63, 3.8) is 0 Å². The molecule has 0 unspecified atom stereocenters. The Bertz CT molecular complexity index is 196. The fraction of sp³-hybridized carbons (Fsp3) is 0.818. The van der Waals surface area contributed by atoms with Crippen molar-refractivity contribution >= 4 is 0 Å². The number of rotatable bonds is 0. The molecule has 3 rings (SSSR count). The van der Waals surface area contributed by atoms with Gasteiger partial charge in [-0.3, -0.25) is 0 Å². The minimum Gasteiger partial charge on any atom is -0.0882 e. The first-order chi connectivity index (χ1) is 5.16. The summed E-state index contributed by atoms with van der Waals surface area (Å²) in [7, 11) is 0. The highest BCUT2D eigenvalue weighted by Gasteiger charge is 2.51. The molecule has 0 saturated heterocycles. The normalized spacial score (nSPS) is 43.7. The van der Waals surface area contributed by atoms with E-state index in [1.807, 2.05) is 0 Å². The molecule has 0 amide bonds. The third-order valence-corrected chi connectivity index (χ3v) is 4.07. The minimum atomic E-state index is 0.639. The van der Waals surface area contributed by atoms with Crippen LogP contribution in [0.25, 0.3) is 0 Å². The number of hydrogen-bond donors (Lipinski definition) is 0. The van der Waals surface area contributed by atoms with Gasteiger partial charge in [0.2, 0.25) is 0 Å². The zero-order valence-electron chi connectivity index (χ0n) is 7.85. The largest absolute Gasteiger partial charge is 0.0882 e. The molecule has 0 N–H and O–H groups in total. The molecule has 11 heavy (non-hydrogen) atoms. The molecule has 0 heterocycles. The number of hydrogen-bond acceptors (Lipinski definition) is 0. The first-order valence-electron chi connectivity index (χ1n) is 4.81. The van der Waals surface area contributed by atoms with Crippen molar-refractivity contribution < 1.29 is 0 Å². The monoisotopic (exact) mass is 150 g/mol. The highest BCUT2D eigenvalue weighted by molar-refractivity contribution is 5.20. The van der Waals surface area contributed by atoms with Gasteiger partial charge < -0.3 is 0 Å². The van der Waals surface area contributed by atoms with E-state index in [2.05, 4.69) is 26.8 Å². The lowest BCUT2D eigenvalue weighted by Crippen LogP contribution is -2.49. The molecular formula is C11H18. The van der Waals surface area contributed by atoms with Gasteiger partial charge in [-0.15, -0.1) is 0 Å². The predicted octanol–water partition coefficient (Wildman–Crippen LogP) is 3.39. The maximum atomic E-state index is 2.44. The lowest BCUT2D eigenvalue weighted by Gasteiger charge is -2.57. The first-order valence-corrected chi connectivity index (χ1v) is 4.81. The summed E-state index contributed by atoms with van der Waals surface area (Å²) in [6, 6.07) is 0. The SMILES string of the molecule is C/C=C1\CC[C@H]2C[C@@H]1C2(C)C. The lowest BCUT2D eigenvalue weighted by molar-refractivity contribution is -0.0278. The maximum Gasteiger partial charge on any atom is -0.0146 e. The van der Waals surface area contributed by atoms with Gasteiger partial charge in [0.1, 0.15) is 0 Å². The molecule has 3 fully saturated rings. The second kappa shape index (κ2) is 2.12. The summed E-state index contributed by atoms with van der Waals surface area (Å²) < 4.78 is 0. The van der Waals surface area contributed by atoms with E-state index in [4.69, 9.17) is 0 Å². The quantitative estimate of drug-likeness (QED) is 0.464. The molecule has 0 aromatic rings. The molecule has 3 aliphatic carbocycles. The third-order valence-electron chi connectivity index (χ3n) is 4.07. The van der Waals surface area contributed by atoms with Crippen LogP contribution in [-0.4, -0.2) is 0 Å². The van der Waals surface area contributed by atoms with Crippen LogP contribution in [0.1, 0.15) is 40.0 Å². The third kappa shape index (κ3) is 0.816. The van der Waals surface area contributed by atoms with E-state index in [-0.39, 0.29) is 0 Å². The predicted molar refractivity (Wildman–Crippen MR) is 48.4 cm³/mol. The zero-order valence-corrected chi connectivity index (χ0v) is 7.85. The second-order valence-corrected chi connectivity index (χ2v) is 4.71. The van der Waals surface area contributed by atoms with Crippen LogP contribution in [0.4, 0.5) is 0 Å². The van der Waals surface area contributed by atoms with Crippen LogP contribution < -0.4 is 0 Å². The fourth-order valence-electron chi connectivity index (χ4n) is 3.00. The summed E-state index contributed by atoms with van der Waals surface area (Å²) in [6.45, 7) is 7.08. The summed E-state index contributed by atoms with van der Waals surface area (Å²) in [4.78, 5) is 0.